The van der Waals surface area contributed by atoms with Crippen LogP contribution in [0.15, 0.2) is 97.1 Å². The quantitative estimate of drug-likeness (QED) is 0.152. The van der Waals surface area contributed by atoms with E-state index in [0.29, 0.717) is 57.6 Å². The van der Waals surface area contributed by atoms with Crippen molar-refractivity contribution in [1.82, 2.24) is 20.9 Å². The summed E-state index contributed by atoms with van der Waals surface area (Å²) < 4.78 is 9.87. The van der Waals surface area contributed by atoms with Gasteiger partial charge in [0.25, 0.3) is 0 Å². The van der Waals surface area contributed by atoms with Crippen LogP contribution < -0.4 is 25.4 Å². The van der Waals surface area contributed by atoms with Crippen molar-refractivity contribution in [1.29, 1.82) is 0 Å². The van der Waals surface area contributed by atoms with Crippen molar-refractivity contribution in [2.75, 3.05) is 13.1 Å². The fourth-order valence-electron chi connectivity index (χ4n) is 4.99. The van der Waals surface area contributed by atoms with Gasteiger partial charge in [0, 0.05) is 51.3 Å². The summed E-state index contributed by atoms with van der Waals surface area (Å²) in [4.78, 5) is 48.4. The van der Waals surface area contributed by atoms with E-state index in [0.717, 1.165) is 24.1 Å². The zero-order valence-corrected chi connectivity index (χ0v) is 32.5. The minimum absolute atomic E-state index is 0.0636. The van der Waals surface area contributed by atoms with Crippen LogP contribution in [0, 0.1) is 0 Å². The van der Waals surface area contributed by atoms with Gasteiger partial charge in [-0.3, -0.25) is 14.5 Å². The molecule has 4 aromatic carbocycles. The first-order valence-corrected chi connectivity index (χ1v) is 18.2. The molecule has 53 heavy (non-hydrogen) atoms. The van der Waals surface area contributed by atoms with Gasteiger partial charge in [-0.15, -0.1) is 0 Å². The van der Waals surface area contributed by atoms with E-state index in [-0.39, 0.29) is 17.4 Å². The van der Waals surface area contributed by atoms with Gasteiger partial charge in [-0.05, 0) is 117 Å². The zero-order chi connectivity index (χ0) is 38.6. The lowest BCUT2D eigenvalue weighted by Crippen LogP contribution is -2.67. The molecule has 6 rings (SSSR count). The number of rotatable bonds is 8. The minimum atomic E-state index is -0.921. The van der Waals surface area contributed by atoms with Crippen LogP contribution in [0.5, 0.6) is 11.5 Å². The average Bonchev–Trinajstić information content (AvgIpc) is 3.11. The van der Waals surface area contributed by atoms with Crippen LogP contribution in [-0.2, 0) is 22.7 Å². The molecule has 4 aromatic rings. The van der Waals surface area contributed by atoms with E-state index in [1.807, 2.05) is 43.3 Å². The van der Waals surface area contributed by atoms with E-state index >= 15 is 0 Å². The molecule has 3 amide bonds. The third kappa shape index (κ3) is 12.5. The molecule has 0 radical (unpaired) electrons. The van der Waals surface area contributed by atoms with Crippen LogP contribution in [0.1, 0.15) is 37.8 Å². The molecule has 2 heterocycles. The van der Waals surface area contributed by atoms with Crippen molar-refractivity contribution in [3.05, 3.63) is 128 Å². The Morgan fingerprint density at radius 3 is 1.40 bits per heavy atom. The van der Waals surface area contributed by atoms with Crippen LogP contribution in [0.3, 0.4) is 0 Å². The molecule has 2 atom stereocenters. The number of benzene rings is 4. The fourth-order valence-corrected chi connectivity index (χ4v) is 5.58. The molecule has 2 saturated heterocycles. The third-order valence-corrected chi connectivity index (χ3v) is 9.62. The van der Waals surface area contributed by atoms with Crippen molar-refractivity contribution in [3.63, 3.8) is 0 Å². The van der Waals surface area contributed by atoms with Crippen LogP contribution >= 0.6 is 58.0 Å². The highest BCUT2D eigenvalue weighted by Gasteiger charge is 2.50. The predicted octanol–water partition coefficient (Wildman–Crippen LogP) is 9.06. The smallest absolute Gasteiger partial charge is 0.415 e. The Labute approximate surface area is 333 Å². The van der Waals surface area contributed by atoms with Gasteiger partial charge >= 0.3 is 11.5 Å². The van der Waals surface area contributed by atoms with Gasteiger partial charge in [-0.25, -0.2) is 9.59 Å². The molecule has 2 fully saturated rings. The Morgan fingerprint density at radius 2 is 1.04 bits per heavy atom. The topological polar surface area (TPSA) is 126 Å². The summed E-state index contributed by atoms with van der Waals surface area (Å²) in [6.07, 6.45) is 0.928. The van der Waals surface area contributed by atoms with E-state index in [1.54, 1.807) is 67.6 Å². The van der Waals surface area contributed by atoms with E-state index in [4.69, 9.17) is 62.7 Å². The number of hydrogen-bond donors (Lipinski definition) is 3. The van der Waals surface area contributed by atoms with Gasteiger partial charge < -0.3 is 25.4 Å². The van der Waals surface area contributed by atoms with Crippen LogP contribution in [0.4, 0.5) is 9.59 Å². The van der Waals surface area contributed by atoms with E-state index in [1.165, 1.54) is 4.90 Å². The van der Waals surface area contributed by atoms with Crippen LogP contribution in [-0.4, -0.2) is 52.4 Å². The Balaban J connectivity index is 0.000000197. The normalized spacial score (nSPS) is 18.3. The van der Waals surface area contributed by atoms with Gasteiger partial charge in [-0.2, -0.15) is 0 Å². The van der Waals surface area contributed by atoms with E-state index in [9.17, 15) is 19.2 Å². The second-order valence-corrected chi connectivity index (χ2v) is 14.5. The molecule has 2 unspecified atom stereocenters. The van der Waals surface area contributed by atoms with Crippen LogP contribution in [0.2, 0.25) is 20.1 Å². The number of carbonyl (C=O) groups excluding carboxylic acids is 4. The van der Waals surface area contributed by atoms with Gasteiger partial charge in [0.2, 0.25) is 11.8 Å². The monoisotopic (exact) mass is 820 g/mol. The predicted molar refractivity (Wildman–Crippen MR) is 208 cm³/mol. The molecule has 0 aromatic heterocycles. The van der Waals surface area contributed by atoms with Crippen molar-refractivity contribution in [2.24, 2.45) is 0 Å². The first-order valence-electron chi connectivity index (χ1n) is 16.4. The molecule has 0 spiro atoms. The standard InChI is InChI=1S/C19H18Cl2N2O3.C12H15ClN2O.C7H4Cl2O2/c1-19(17(24)22-12-13-2-4-14(20)5-3-13)10-11-23(19)18(25)26-16-8-6-15(21)7-9-16;1-12(6-7-15-12)11(16)14-8-9-2-4-10(13)5-3-9;8-5-1-3-6(4-2-5)11-7(9)10/h2-9H,10-12H2,1H3,(H,22,24);2-5,15H,6-8H2,1H3,(H,14,16);1-4H. The molecular weight excluding hydrogens is 786 g/mol. The summed E-state index contributed by atoms with van der Waals surface area (Å²) in [7, 11) is 0. The minimum Gasteiger partial charge on any atom is -0.415 e. The number of carbonyl (C=O) groups is 4. The molecule has 2 aliphatic heterocycles. The molecule has 0 saturated carbocycles. The SMILES string of the molecule is CC1(C(=O)NCc2ccc(Cl)cc2)CCN1.CC1(C(=O)NCc2ccc(Cl)cc2)CCN1C(=O)Oc1ccc(Cl)cc1.O=C(Cl)Oc1ccc(Cl)cc1. The molecule has 2 aliphatic rings. The van der Waals surface area contributed by atoms with Crippen molar-refractivity contribution >= 4 is 81.3 Å². The molecule has 280 valence electrons. The summed E-state index contributed by atoms with van der Waals surface area (Å²) >= 11 is 28.0. The summed E-state index contributed by atoms with van der Waals surface area (Å²) in [5, 5.41) is 11.4. The second-order valence-electron chi connectivity index (χ2n) is 12.4. The lowest BCUT2D eigenvalue weighted by atomic mass is 9.86. The fraction of sp³-hybridized carbons (Fsp3) is 0.263. The number of amides is 3. The lowest BCUT2D eigenvalue weighted by molar-refractivity contribution is -0.138. The average molecular weight is 823 g/mol. The summed E-state index contributed by atoms with van der Waals surface area (Å²) in [5.41, 5.74) is -0.156. The van der Waals surface area contributed by atoms with Crippen LogP contribution in [0.25, 0.3) is 0 Å². The maximum atomic E-state index is 12.6. The number of nitrogens with one attached hydrogen (secondary N) is 3. The summed E-state index contributed by atoms with van der Waals surface area (Å²) in [6, 6.07) is 27.5. The first-order chi connectivity index (χ1) is 25.2. The second kappa shape index (κ2) is 19.3. The van der Waals surface area contributed by atoms with Gasteiger partial charge in [0.15, 0.2) is 0 Å². The molecule has 15 heteroatoms. The lowest BCUT2D eigenvalue weighted by Gasteiger charge is -2.47. The number of halogens is 5. The molecule has 3 N–H and O–H groups in total. The third-order valence-electron chi connectivity index (χ3n) is 8.53. The van der Waals surface area contributed by atoms with E-state index in [2.05, 4.69) is 20.7 Å². The van der Waals surface area contributed by atoms with Crippen molar-refractivity contribution < 1.29 is 28.7 Å². The first kappa shape index (κ1) is 41.7. The molecular formula is C38H37Cl5N4O6. The number of hydrogen-bond acceptors (Lipinski definition) is 7. The number of nitrogens with zero attached hydrogens (tertiary/aromatic N) is 1. The molecule has 0 aliphatic carbocycles. The maximum absolute atomic E-state index is 12.6. The Hall–Kier alpha value is -4.03. The summed E-state index contributed by atoms with van der Waals surface area (Å²) in [6.45, 7) is 5.96. The Kier molecular flexibility index (Phi) is 15.2. The van der Waals surface area contributed by atoms with Gasteiger partial charge in [0.1, 0.15) is 17.0 Å². The van der Waals surface area contributed by atoms with Crippen molar-refractivity contribution in [2.45, 2.75) is 50.9 Å². The van der Waals surface area contributed by atoms with Gasteiger partial charge in [0.05, 0.1) is 5.54 Å². The Bertz CT molecular complexity index is 1860. The maximum Gasteiger partial charge on any atom is 0.416 e. The number of likely N-dealkylation sites (tertiary alicyclic amines) is 1. The largest absolute Gasteiger partial charge is 0.416 e. The summed E-state index contributed by atoms with van der Waals surface area (Å²) in [5.74, 6) is 0.616. The number of ether oxygens (including phenoxy) is 2. The highest BCUT2D eigenvalue weighted by Crippen LogP contribution is 2.32. The highest BCUT2D eigenvalue weighted by atomic mass is 35.5. The highest BCUT2D eigenvalue weighted by molar-refractivity contribution is 6.61. The molecule has 0 bridgehead atoms. The van der Waals surface area contributed by atoms with E-state index < -0.39 is 17.1 Å². The van der Waals surface area contributed by atoms with Crippen molar-refractivity contribution in [3.8, 4) is 11.5 Å². The molecule has 10 nitrogen and oxygen atoms in total. The Morgan fingerprint density at radius 1 is 0.642 bits per heavy atom. The zero-order valence-electron chi connectivity index (χ0n) is 28.8. The van der Waals surface area contributed by atoms with Gasteiger partial charge in [-0.1, -0.05) is 70.7 Å².